The summed E-state index contributed by atoms with van der Waals surface area (Å²) < 4.78 is 5.60. The van der Waals surface area contributed by atoms with Crippen LogP contribution in [0.25, 0.3) is 0 Å². The summed E-state index contributed by atoms with van der Waals surface area (Å²) in [6, 6.07) is 4.69. The van der Waals surface area contributed by atoms with Gasteiger partial charge < -0.3 is 15.0 Å². The minimum atomic E-state index is -0.295. The average Bonchev–Trinajstić information content (AvgIpc) is 3.29. The van der Waals surface area contributed by atoms with Gasteiger partial charge in [-0.3, -0.25) is 15.5 Å². The third-order valence-corrected chi connectivity index (χ3v) is 6.08. The summed E-state index contributed by atoms with van der Waals surface area (Å²) in [4.78, 5) is 19.0. The maximum atomic E-state index is 12.6. The van der Waals surface area contributed by atoms with Gasteiger partial charge in [-0.05, 0) is 55.7 Å². The Morgan fingerprint density at radius 3 is 2.64 bits per heavy atom. The zero-order valence-corrected chi connectivity index (χ0v) is 16.2. The number of likely N-dealkylation sites (tertiary alicyclic amines) is 1. The molecule has 2 bridgehead atoms. The van der Waals surface area contributed by atoms with Crippen molar-refractivity contribution in [2.75, 3.05) is 18.5 Å². The predicted octanol–water partition coefficient (Wildman–Crippen LogP) is 2.41. The summed E-state index contributed by atoms with van der Waals surface area (Å²) in [5.41, 5.74) is 4.93. The smallest absolute Gasteiger partial charge is 0.263 e. The van der Waals surface area contributed by atoms with Crippen LogP contribution in [-0.4, -0.2) is 47.9 Å². The molecule has 7 heteroatoms. The van der Waals surface area contributed by atoms with Crippen LogP contribution in [0.3, 0.4) is 0 Å². The lowest BCUT2D eigenvalue weighted by atomic mass is 10.0. The number of benzene rings is 1. The van der Waals surface area contributed by atoms with Crippen LogP contribution in [0.15, 0.2) is 28.9 Å². The van der Waals surface area contributed by atoms with Crippen molar-refractivity contribution in [3.63, 3.8) is 0 Å². The number of morpholine rings is 1. The molecule has 1 aliphatic carbocycles. The molecule has 146 valence electrons. The molecule has 1 amide bonds. The fourth-order valence-electron chi connectivity index (χ4n) is 4.42. The van der Waals surface area contributed by atoms with Gasteiger partial charge in [-0.25, -0.2) is 0 Å². The van der Waals surface area contributed by atoms with E-state index < -0.39 is 0 Å². The van der Waals surface area contributed by atoms with E-state index in [0.29, 0.717) is 18.5 Å². The highest BCUT2D eigenvalue weighted by Gasteiger charge is 2.42. The van der Waals surface area contributed by atoms with Crippen molar-refractivity contribution in [1.82, 2.24) is 10.2 Å². The molecule has 1 aromatic rings. The van der Waals surface area contributed by atoms with Crippen molar-refractivity contribution in [1.29, 1.82) is 5.41 Å². The molecule has 28 heavy (non-hydrogen) atoms. The van der Waals surface area contributed by atoms with Crippen LogP contribution in [0.2, 0.25) is 0 Å². The molecule has 2 saturated heterocycles. The molecular formula is C21H25N5O2. The fourth-order valence-corrected chi connectivity index (χ4v) is 4.42. The van der Waals surface area contributed by atoms with Crippen molar-refractivity contribution < 1.29 is 9.53 Å². The first-order valence-corrected chi connectivity index (χ1v) is 9.94. The molecule has 7 nitrogen and oxygen atoms in total. The van der Waals surface area contributed by atoms with E-state index in [0.717, 1.165) is 29.8 Å². The standard InChI is InChI=1S/C21H25N5O2/c1-11-5-14(13-3-4-13)6-12(2)18(11)23-8-17-19(22)24-21(25-20(17)27)26-9-16-7-15(26)10-28-16/h5-6,8,13,15-16,23H,3-4,7,9-10H2,1-2H3,(H2,22,24,25,27)/b17-8+/t15?,16-/m1/s1. The number of nitrogens with zero attached hydrogens (tertiary/aromatic N) is 2. The third kappa shape index (κ3) is 2.99. The van der Waals surface area contributed by atoms with E-state index in [4.69, 9.17) is 10.1 Å². The van der Waals surface area contributed by atoms with Gasteiger partial charge in [-0.15, -0.1) is 0 Å². The van der Waals surface area contributed by atoms with Crippen molar-refractivity contribution in [3.8, 4) is 0 Å². The molecule has 2 atom stereocenters. The quantitative estimate of drug-likeness (QED) is 0.704. The number of fused-ring (bicyclic) bond motifs is 2. The molecule has 0 aromatic heterocycles. The Morgan fingerprint density at radius 1 is 1.32 bits per heavy atom. The molecule has 1 unspecified atom stereocenters. The number of hydrogen-bond donors (Lipinski definition) is 3. The summed E-state index contributed by atoms with van der Waals surface area (Å²) in [7, 11) is 0. The third-order valence-electron chi connectivity index (χ3n) is 6.08. The fraction of sp³-hybridized carbons (Fsp3) is 0.476. The first kappa shape index (κ1) is 17.4. The lowest BCUT2D eigenvalue weighted by Gasteiger charge is -2.31. The van der Waals surface area contributed by atoms with Crippen LogP contribution in [0, 0.1) is 19.3 Å². The molecule has 3 N–H and O–H groups in total. The normalized spacial score (nSPS) is 28.0. The van der Waals surface area contributed by atoms with Crippen molar-refractivity contribution in [3.05, 3.63) is 40.6 Å². The van der Waals surface area contributed by atoms with Gasteiger partial charge in [0, 0.05) is 18.4 Å². The summed E-state index contributed by atoms with van der Waals surface area (Å²) in [6.45, 7) is 5.53. The van der Waals surface area contributed by atoms with E-state index in [-0.39, 0.29) is 29.5 Å². The molecule has 3 fully saturated rings. The maximum Gasteiger partial charge on any atom is 0.263 e. The predicted molar refractivity (Wildman–Crippen MR) is 108 cm³/mol. The molecule has 5 rings (SSSR count). The number of guanidine groups is 1. The Bertz CT molecular complexity index is 908. The van der Waals surface area contributed by atoms with Gasteiger partial charge in [0.25, 0.3) is 5.91 Å². The van der Waals surface area contributed by atoms with E-state index >= 15 is 0 Å². The molecular weight excluding hydrogens is 354 g/mol. The zero-order chi connectivity index (χ0) is 19.4. The SMILES string of the molecule is Cc1cc(C2CC2)cc(C)c1N/C=C1\C(=N)N=C(N2C[C@H]3CC2CO3)NC1=O. The number of rotatable bonds is 3. The van der Waals surface area contributed by atoms with Crippen LogP contribution < -0.4 is 10.6 Å². The summed E-state index contributed by atoms with van der Waals surface area (Å²) in [5, 5.41) is 14.4. The number of aryl methyl sites for hydroxylation is 2. The molecule has 1 aromatic carbocycles. The highest BCUT2D eigenvalue weighted by atomic mass is 16.5. The Labute approximate surface area is 164 Å². The summed E-state index contributed by atoms with van der Waals surface area (Å²) in [5.74, 6) is 0.876. The highest BCUT2D eigenvalue weighted by molar-refractivity contribution is 6.28. The van der Waals surface area contributed by atoms with E-state index in [9.17, 15) is 4.79 Å². The lowest BCUT2D eigenvalue weighted by molar-refractivity contribution is -0.116. The lowest BCUT2D eigenvalue weighted by Crippen LogP contribution is -2.52. The molecule has 4 aliphatic rings. The monoisotopic (exact) mass is 379 g/mol. The maximum absolute atomic E-state index is 12.6. The van der Waals surface area contributed by atoms with Crippen LogP contribution in [0.5, 0.6) is 0 Å². The molecule has 0 radical (unpaired) electrons. The number of carbonyl (C=O) groups excluding carboxylic acids is 1. The second-order valence-electron chi connectivity index (χ2n) is 8.24. The van der Waals surface area contributed by atoms with Crippen LogP contribution in [0.4, 0.5) is 5.69 Å². The van der Waals surface area contributed by atoms with Gasteiger partial charge in [0.15, 0.2) is 5.84 Å². The van der Waals surface area contributed by atoms with Gasteiger partial charge in [0.2, 0.25) is 5.96 Å². The number of aliphatic imine (C=N–C) groups is 1. The van der Waals surface area contributed by atoms with Gasteiger partial charge in [0.1, 0.15) is 0 Å². The Kier molecular flexibility index (Phi) is 4.01. The van der Waals surface area contributed by atoms with Gasteiger partial charge in [-0.1, -0.05) is 12.1 Å². The van der Waals surface area contributed by atoms with Crippen molar-refractivity contribution in [2.24, 2.45) is 4.99 Å². The number of nitrogens with one attached hydrogen (secondary N) is 3. The van der Waals surface area contributed by atoms with Crippen LogP contribution >= 0.6 is 0 Å². The topological polar surface area (TPSA) is 89.8 Å². The Morgan fingerprint density at radius 2 is 2.07 bits per heavy atom. The highest BCUT2D eigenvalue weighted by Crippen LogP contribution is 2.41. The molecule has 1 saturated carbocycles. The second-order valence-corrected chi connectivity index (χ2v) is 8.24. The number of anilines is 1. The first-order valence-electron chi connectivity index (χ1n) is 9.94. The summed E-state index contributed by atoms with van der Waals surface area (Å²) >= 11 is 0. The van der Waals surface area contributed by atoms with Gasteiger partial charge in [-0.2, -0.15) is 4.99 Å². The summed E-state index contributed by atoms with van der Waals surface area (Å²) in [6.07, 6.45) is 5.32. The van der Waals surface area contributed by atoms with Gasteiger partial charge >= 0.3 is 0 Å². The minimum absolute atomic E-state index is 0.0140. The van der Waals surface area contributed by atoms with Crippen molar-refractivity contribution in [2.45, 2.75) is 51.2 Å². The minimum Gasteiger partial charge on any atom is -0.374 e. The molecule has 0 spiro atoms. The molecule has 3 aliphatic heterocycles. The second kappa shape index (κ2) is 6.44. The number of ether oxygens (including phenoxy) is 1. The number of amidine groups is 1. The first-order chi connectivity index (χ1) is 13.5. The molecule has 3 heterocycles. The van der Waals surface area contributed by atoms with E-state index in [1.54, 1.807) is 6.20 Å². The van der Waals surface area contributed by atoms with E-state index in [1.165, 1.54) is 18.4 Å². The van der Waals surface area contributed by atoms with Gasteiger partial charge in [0.05, 0.1) is 24.3 Å². The number of carbonyl (C=O) groups is 1. The number of hydrogen-bond acceptors (Lipinski definition) is 5. The Hall–Kier alpha value is -2.67. The number of amides is 1. The van der Waals surface area contributed by atoms with E-state index in [2.05, 4.69) is 46.5 Å². The Balaban J connectivity index is 1.35. The largest absolute Gasteiger partial charge is 0.374 e. The van der Waals surface area contributed by atoms with Crippen molar-refractivity contribution >= 4 is 23.4 Å². The van der Waals surface area contributed by atoms with Crippen LogP contribution in [-0.2, 0) is 9.53 Å². The van der Waals surface area contributed by atoms with Crippen LogP contribution in [0.1, 0.15) is 41.9 Å². The van der Waals surface area contributed by atoms with E-state index in [1.807, 2.05) is 0 Å². The average molecular weight is 379 g/mol. The zero-order valence-electron chi connectivity index (χ0n) is 16.2.